The fraction of sp³-hybridized carbons (Fsp3) is 0.579. The summed E-state index contributed by atoms with van der Waals surface area (Å²) in [5.74, 6) is 0.968. The highest BCUT2D eigenvalue weighted by Crippen LogP contribution is 2.19. The minimum Gasteiger partial charge on any atom is -0.383 e. The monoisotopic (exact) mass is 474 g/mol. The molecule has 1 aromatic carbocycles. The molecule has 0 aliphatic carbocycles. The highest BCUT2D eigenvalue weighted by atomic mass is 127. The molecule has 1 heterocycles. The van der Waals surface area contributed by atoms with Crippen LogP contribution in [0.2, 0.25) is 0 Å². The molecule has 26 heavy (non-hydrogen) atoms. The number of nitrogens with zero attached hydrogens (tertiary/aromatic N) is 2. The SMILES string of the molecule is CN=C(NCCCC(=O)N1CCc2ccccc2C1)NC(C)COC.I. The number of amides is 1. The zero-order chi connectivity index (χ0) is 18.1. The normalized spacial score (nSPS) is 14.9. The summed E-state index contributed by atoms with van der Waals surface area (Å²) in [7, 11) is 3.42. The zero-order valence-electron chi connectivity index (χ0n) is 16.0. The second-order valence-electron chi connectivity index (χ2n) is 6.44. The van der Waals surface area contributed by atoms with Crippen LogP contribution in [0.1, 0.15) is 30.9 Å². The summed E-state index contributed by atoms with van der Waals surface area (Å²) in [6.07, 6.45) is 2.30. The van der Waals surface area contributed by atoms with Crippen molar-refractivity contribution in [2.75, 3.05) is 33.9 Å². The molecular weight excluding hydrogens is 443 g/mol. The summed E-state index contributed by atoms with van der Waals surface area (Å²) in [6.45, 7) is 4.93. The number of carbonyl (C=O) groups is 1. The van der Waals surface area contributed by atoms with E-state index in [1.807, 2.05) is 17.9 Å². The number of fused-ring (bicyclic) bond motifs is 1. The number of rotatable bonds is 7. The molecule has 7 heteroatoms. The summed E-state index contributed by atoms with van der Waals surface area (Å²) in [5, 5.41) is 6.49. The molecule has 1 unspecified atom stereocenters. The van der Waals surface area contributed by atoms with E-state index in [9.17, 15) is 4.79 Å². The smallest absolute Gasteiger partial charge is 0.222 e. The maximum absolute atomic E-state index is 12.4. The third-order valence-electron chi connectivity index (χ3n) is 4.37. The van der Waals surface area contributed by atoms with Gasteiger partial charge in [-0.2, -0.15) is 0 Å². The Morgan fingerprint density at radius 2 is 2.08 bits per heavy atom. The Bertz CT molecular complexity index is 595. The molecule has 1 aliphatic heterocycles. The lowest BCUT2D eigenvalue weighted by molar-refractivity contribution is -0.132. The van der Waals surface area contributed by atoms with Crippen molar-refractivity contribution in [2.24, 2.45) is 4.99 Å². The van der Waals surface area contributed by atoms with Crippen molar-refractivity contribution in [1.82, 2.24) is 15.5 Å². The number of guanidine groups is 1. The van der Waals surface area contributed by atoms with Crippen molar-refractivity contribution in [3.8, 4) is 0 Å². The van der Waals surface area contributed by atoms with Gasteiger partial charge in [0.2, 0.25) is 5.91 Å². The largest absolute Gasteiger partial charge is 0.383 e. The molecule has 2 rings (SSSR count). The Balaban J connectivity index is 0.00000338. The van der Waals surface area contributed by atoms with E-state index in [1.54, 1.807) is 14.2 Å². The topological polar surface area (TPSA) is 66.0 Å². The molecular formula is C19H31IN4O2. The van der Waals surface area contributed by atoms with Crippen LogP contribution >= 0.6 is 24.0 Å². The summed E-state index contributed by atoms with van der Waals surface area (Å²) >= 11 is 0. The second-order valence-corrected chi connectivity index (χ2v) is 6.44. The van der Waals surface area contributed by atoms with E-state index in [0.29, 0.717) is 13.0 Å². The predicted molar refractivity (Wildman–Crippen MR) is 116 cm³/mol. The van der Waals surface area contributed by atoms with Crippen LogP contribution in [0.3, 0.4) is 0 Å². The third kappa shape index (κ3) is 7.11. The predicted octanol–water partition coefficient (Wildman–Crippen LogP) is 2.17. The molecule has 0 saturated heterocycles. The van der Waals surface area contributed by atoms with Crippen LogP contribution in [0.4, 0.5) is 0 Å². The van der Waals surface area contributed by atoms with Gasteiger partial charge in [-0.05, 0) is 30.9 Å². The molecule has 0 aromatic heterocycles. The molecule has 0 fully saturated rings. The second kappa shape index (κ2) is 12.1. The summed E-state index contributed by atoms with van der Waals surface area (Å²) in [4.78, 5) is 18.6. The lowest BCUT2D eigenvalue weighted by atomic mass is 9.99. The van der Waals surface area contributed by atoms with Crippen LogP contribution in [0.25, 0.3) is 0 Å². The number of methoxy groups -OCH3 is 1. The number of halogens is 1. The van der Waals surface area contributed by atoms with E-state index < -0.39 is 0 Å². The Morgan fingerprint density at radius 3 is 2.77 bits per heavy atom. The van der Waals surface area contributed by atoms with E-state index in [-0.39, 0.29) is 35.9 Å². The van der Waals surface area contributed by atoms with Crippen LogP contribution in [0, 0.1) is 0 Å². The molecule has 0 radical (unpaired) electrons. The van der Waals surface area contributed by atoms with Gasteiger partial charge in [0.25, 0.3) is 0 Å². The molecule has 6 nitrogen and oxygen atoms in total. The Hall–Kier alpha value is -1.35. The molecule has 0 bridgehead atoms. The average Bonchev–Trinajstić information content (AvgIpc) is 2.63. The summed E-state index contributed by atoms with van der Waals surface area (Å²) < 4.78 is 5.10. The number of hydrogen-bond donors (Lipinski definition) is 2. The van der Waals surface area contributed by atoms with E-state index in [4.69, 9.17) is 4.74 Å². The van der Waals surface area contributed by atoms with Gasteiger partial charge in [-0.3, -0.25) is 9.79 Å². The van der Waals surface area contributed by atoms with Crippen LogP contribution in [-0.4, -0.2) is 56.7 Å². The van der Waals surface area contributed by atoms with Crippen LogP contribution in [-0.2, 0) is 22.5 Å². The van der Waals surface area contributed by atoms with Crippen molar-refractivity contribution in [3.63, 3.8) is 0 Å². The Labute approximate surface area is 173 Å². The van der Waals surface area contributed by atoms with Gasteiger partial charge in [-0.25, -0.2) is 0 Å². The van der Waals surface area contributed by atoms with E-state index in [0.717, 1.165) is 38.4 Å². The van der Waals surface area contributed by atoms with Gasteiger partial charge in [0.15, 0.2) is 5.96 Å². The fourth-order valence-corrected chi connectivity index (χ4v) is 3.03. The Morgan fingerprint density at radius 1 is 1.35 bits per heavy atom. The van der Waals surface area contributed by atoms with E-state index in [1.165, 1.54) is 11.1 Å². The average molecular weight is 474 g/mol. The van der Waals surface area contributed by atoms with Gasteiger partial charge >= 0.3 is 0 Å². The standard InChI is InChI=1S/C19H30N4O2.HI/c1-15(14-25-3)22-19(20-2)21-11-6-9-18(24)23-12-10-16-7-4-5-8-17(16)13-23;/h4-5,7-8,15H,6,9-14H2,1-3H3,(H2,20,21,22);1H. The van der Waals surface area contributed by atoms with E-state index >= 15 is 0 Å². The third-order valence-corrected chi connectivity index (χ3v) is 4.37. The first-order valence-electron chi connectivity index (χ1n) is 8.94. The minimum atomic E-state index is 0. The van der Waals surface area contributed by atoms with Gasteiger partial charge in [-0.15, -0.1) is 24.0 Å². The first kappa shape index (κ1) is 22.7. The number of carbonyl (C=O) groups excluding carboxylic acids is 1. The van der Waals surface area contributed by atoms with Gasteiger partial charge in [0, 0.05) is 46.3 Å². The van der Waals surface area contributed by atoms with Crippen molar-refractivity contribution < 1.29 is 9.53 Å². The zero-order valence-corrected chi connectivity index (χ0v) is 18.3. The van der Waals surface area contributed by atoms with Gasteiger partial charge < -0.3 is 20.3 Å². The highest BCUT2D eigenvalue weighted by molar-refractivity contribution is 14.0. The number of nitrogens with one attached hydrogen (secondary N) is 2. The highest BCUT2D eigenvalue weighted by Gasteiger charge is 2.19. The van der Waals surface area contributed by atoms with E-state index in [2.05, 4.69) is 33.8 Å². The lowest BCUT2D eigenvalue weighted by Crippen LogP contribution is -2.44. The molecule has 146 valence electrons. The summed E-state index contributed by atoms with van der Waals surface area (Å²) in [5.41, 5.74) is 2.64. The molecule has 1 amide bonds. The molecule has 0 spiro atoms. The maximum Gasteiger partial charge on any atom is 0.222 e. The van der Waals surface area contributed by atoms with Crippen molar-refractivity contribution >= 4 is 35.8 Å². The van der Waals surface area contributed by atoms with Gasteiger partial charge in [0.1, 0.15) is 0 Å². The van der Waals surface area contributed by atoms with Crippen LogP contribution in [0.5, 0.6) is 0 Å². The number of ether oxygens (including phenoxy) is 1. The minimum absolute atomic E-state index is 0. The summed E-state index contributed by atoms with van der Waals surface area (Å²) in [6, 6.07) is 8.57. The maximum atomic E-state index is 12.4. The molecule has 1 aliphatic rings. The molecule has 2 N–H and O–H groups in total. The van der Waals surface area contributed by atoms with Crippen LogP contribution in [0.15, 0.2) is 29.3 Å². The Kier molecular flexibility index (Phi) is 10.6. The van der Waals surface area contributed by atoms with Gasteiger partial charge in [0.05, 0.1) is 6.61 Å². The first-order chi connectivity index (χ1) is 12.1. The van der Waals surface area contributed by atoms with Crippen molar-refractivity contribution in [2.45, 2.75) is 38.8 Å². The molecule has 1 aromatic rings. The van der Waals surface area contributed by atoms with Crippen molar-refractivity contribution in [3.05, 3.63) is 35.4 Å². The van der Waals surface area contributed by atoms with Crippen molar-refractivity contribution in [1.29, 1.82) is 0 Å². The van der Waals surface area contributed by atoms with Gasteiger partial charge in [-0.1, -0.05) is 24.3 Å². The molecule has 1 atom stereocenters. The number of aliphatic imine (C=N–C) groups is 1. The number of hydrogen-bond acceptors (Lipinski definition) is 3. The lowest BCUT2D eigenvalue weighted by Gasteiger charge is -2.29. The van der Waals surface area contributed by atoms with Crippen LogP contribution < -0.4 is 10.6 Å². The number of benzene rings is 1. The first-order valence-corrected chi connectivity index (χ1v) is 8.94. The molecule has 0 saturated carbocycles. The quantitative estimate of drug-likeness (QED) is 0.275. The fourth-order valence-electron chi connectivity index (χ4n) is 3.03.